The lowest BCUT2D eigenvalue weighted by Crippen LogP contribution is -2.20. The minimum absolute atomic E-state index is 0.0624. The highest BCUT2D eigenvalue weighted by Gasteiger charge is 2.04. The number of ketones is 1. The third-order valence-corrected chi connectivity index (χ3v) is 2.09. The van der Waals surface area contributed by atoms with Crippen molar-refractivity contribution in [3.05, 3.63) is 35.4 Å². The van der Waals surface area contributed by atoms with Gasteiger partial charge in [0.25, 0.3) is 0 Å². The lowest BCUT2D eigenvalue weighted by atomic mass is 10.0. The molecule has 1 N–H and O–H groups in total. The third kappa shape index (κ3) is 3.94. The molecule has 0 aliphatic carbocycles. The molecule has 0 radical (unpaired) electrons. The number of hydrogen-bond donors (Lipinski definition) is 1. The molecule has 0 saturated carbocycles. The molecule has 1 aromatic rings. The Balaban J connectivity index is 2.76. The topological polar surface area (TPSA) is 46.2 Å². The summed E-state index contributed by atoms with van der Waals surface area (Å²) in [4.78, 5) is 21.8. The molecule has 3 heteroatoms. The van der Waals surface area contributed by atoms with Gasteiger partial charge >= 0.3 is 0 Å². The minimum Gasteiger partial charge on any atom is -0.352 e. The van der Waals surface area contributed by atoms with E-state index in [1.54, 1.807) is 6.92 Å². The van der Waals surface area contributed by atoms with Crippen LogP contribution in [0.3, 0.4) is 0 Å². The van der Waals surface area contributed by atoms with Crippen LogP contribution < -0.4 is 5.32 Å². The Morgan fingerprint density at radius 3 is 2.27 bits per heavy atom. The largest absolute Gasteiger partial charge is 0.352 e. The lowest BCUT2D eigenvalue weighted by molar-refractivity contribution is -0.119. The highest BCUT2D eigenvalue weighted by Crippen LogP contribution is 2.09. The molecule has 0 bridgehead atoms. The van der Waals surface area contributed by atoms with Gasteiger partial charge in [0.15, 0.2) is 0 Å². The Labute approximate surface area is 89.5 Å². The molecule has 1 amide bonds. The monoisotopic (exact) mass is 205 g/mol. The number of hydrogen-bond acceptors (Lipinski definition) is 2. The van der Waals surface area contributed by atoms with Crippen LogP contribution in [0.5, 0.6) is 0 Å². The molecule has 0 atom stereocenters. The molecule has 0 unspecified atom stereocenters. The standard InChI is InChI=1S/C12H15NO2/c1-9(14)7-11-5-3-4-6-12(11)8-13-10(2)15/h3-6H,7-8H2,1-2H3,(H,13,15). The van der Waals surface area contributed by atoms with E-state index in [1.807, 2.05) is 24.3 Å². The second kappa shape index (κ2) is 5.29. The van der Waals surface area contributed by atoms with Gasteiger partial charge < -0.3 is 5.32 Å². The fourth-order valence-electron chi connectivity index (χ4n) is 1.39. The van der Waals surface area contributed by atoms with Crippen molar-refractivity contribution in [3.63, 3.8) is 0 Å². The van der Waals surface area contributed by atoms with Gasteiger partial charge in [-0.2, -0.15) is 0 Å². The molecule has 1 rings (SSSR count). The molecule has 3 nitrogen and oxygen atoms in total. The summed E-state index contributed by atoms with van der Waals surface area (Å²) in [5.74, 6) is 0.0675. The second-order valence-electron chi connectivity index (χ2n) is 3.56. The number of Topliss-reactive ketones (excluding diaryl/α,β-unsaturated/α-hetero) is 1. The van der Waals surface area contributed by atoms with Crippen molar-refractivity contribution in [2.24, 2.45) is 0 Å². The van der Waals surface area contributed by atoms with Gasteiger partial charge in [-0.25, -0.2) is 0 Å². The van der Waals surface area contributed by atoms with Crippen LogP contribution in [0, 0.1) is 0 Å². The van der Waals surface area contributed by atoms with E-state index in [9.17, 15) is 9.59 Å². The van der Waals surface area contributed by atoms with Crippen molar-refractivity contribution < 1.29 is 9.59 Å². The summed E-state index contributed by atoms with van der Waals surface area (Å²) < 4.78 is 0. The smallest absolute Gasteiger partial charge is 0.217 e. The Morgan fingerprint density at radius 1 is 1.13 bits per heavy atom. The maximum atomic E-state index is 11.0. The predicted molar refractivity (Wildman–Crippen MR) is 58.3 cm³/mol. The summed E-state index contributed by atoms with van der Waals surface area (Å²) in [6.07, 6.45) is 0.426. The van der Waals surface area contributed by atoms with Gasteiger partial charge in [0, 0.05) is 19.9 Å². The van der Waals surface area contributed by atoms with Crippen LogP contribution >= 0.6 is 0 Å². The fraction of sp³-hybridized carbons (Fsp3) is 0.333. The van der Waals surface area contributed by atoms with Crippen molar-refractivity contribution in [2.75, 3.05) is 0 Å². The van der Waals surface area contributed by atoms with Gasteiger partial charge in [-0.1, -0.05) is 24.3 Å². The predicted octanol–water partition coefficient (Wildman–Crippen LogP) is 1.45. The molecule has 0 fully saturated rings. The molecule has 0 spiro atoms. The van der Waals surface area contributed by atoms with Gasteiger partial charge in [0.1, 0.15) is 5.78 Å². The molecular formula is C12H15NO2. The van der Waals surface area contributed by atoms with Crippen LogP contribution in [0.4, 0.5) is 0 Å². The Kier molecular flexibility index (Phi) is 4.03. The number of amides is 1. The first-order valence-electron chi connectivity index (χ1n) is 4.90. The SMILES string of the molecule is CC(=O)Cc1ccccc1CNC(C)=O. The molecule has 0 aliphatic rings. The lowest BCUT2D eigenvalue weighted by Gasteiger charge is -2.08. The number of carbonyl (C=O) groups is 2. The van der Waals surface area contributed by atoms with Crippen LogP contribution in [-0.2, 0) is 22.6 Å². The summed E-state index contributed by atoms with van der Waals surface area (Å²) in [6.45, 7) is 3.53. The van der Waals surface area contributed by atoms with Gasteiger partial charge in [0.2, 0.25) is 5.91 Å². The third-order valence-electron chi connectivity index (χ3n) is 2.09. The molecule has 15 heavy (non-hydrogen) atoms. The first-order valence-corrected chi connectivity index (χ1v) is 4.90. The van der Waals surface area contributed by atoms with Crippen LogP contribution in [0.2, 0.25) is 0 Å². The minimum atomic E-state index is -0.0624. The van der Waals surface area contributed by atoms with E-state index in [-0.39, 0.29) is 11.7 Å². The highest BCUT2D eigenvalue weighted by atomic mass is 16.1. The molecule has 0 heterocycles. The summed E-state index contributed by atoms with van der Waals surface area (Å²) in [5, 5.41) is 2.73. The van der Waals surface area contributed by atoms with Crippen molar-refractivity contribution in [1.29, 1.82) is 0 Å². The van der Waals surface area contributed by atoms with E-state index in [2.05, 4.69) is 5.32 Å². The summed E-state index contributed by atoms with van der Waals surface area (Å²) in [5.41, 5.74) is 1.99. The highest BCUT2D eigenvalue weighted by molar-refractivity contribution is 5.78. The molecule has 1 aromatic carbocycles. The van der Waals surface area contributed by atoms with Crippen LogP contribution in [0.15, 0.2) is 24.3 Å². The molecule has 0 aliphatic heterocycles. The van der Waals surface area contributed by atoms with E-state index >= 15 is 0 Å². The first kappa shape index (κ1) is 11.4. The summed E-state index contributed by atoms with van der Waals surface area (Å²) in [6, 6.07) is 7.64. The zero-order valence-electron chi connectivity index (χ0n) is 9.04. The molecular weight excluding hydrogens is 190 g/mol. The van der Waals surface area contributed by atoms with Crippen molar-refractivity contribution in [3.8, 4) is 0 Å². The van der Waals surface area contributed by atoms with E-state index in [1.165, 1.54) is 6.92 Å². The van der Waals surface area contributed by atoms with Gasteiger partial charge in [-0.05, 0) is 18.1 Å². The summed E-state index contributed by atoms with van der Waals surface area (Å²) >= 11 is 0. The fourth-order valence-corrected chi connectivity index (χ4v) is 1.39. The number of rotatable bonds is 4. The van der Waals surface area contributed by atoms with Crippen LogP contribution in [-0.4, -0.2) is 11.7 Å². The average molecular weight is 205 g/mol. The molecule has 0 saturated heterocycles. The molecule has 0 aromatic heterocycles. The Hall–Kier alpha value is -1.64. The van der Waals surface area contributed by atoms with E-state index in [4.69, 9.17) is 0 Å². The average Bonchev–Trinajstić information content (AvgIpc) is 2.15. The van der Waals surface area contributed by atoms with Gasteiger partial charge in [-0.3, -0.25) is 9.59 Å². The van der Waals surface area contributed by atoms with Crippen molar-refractivity contribution >= 4 is 11.7 Å². The van der Waals surface area contributed by atoms with Crippen LogP contribution in [0.1, 0.15) is 25.0 Å². The van der Waals surface area contributed by atoms with Crippen molar-refractivity contribution in [1.82, 2.24) is 5.32 Å². The van der Waals surface area contributed by atoms with E-state index in [0.29, 0.717) is 13.0 Å². The van der Waals surface area contributed by atoms with Crippen LogP contribution in [0.25, 0.3) is 0 Å². The number of benzene rings is 1. The van der Waals surface area contributed by atoms with E-state index < -0.39 is 0 Å². The zero-order valence-corrected chi connectivity index (χ0v) is 9.04. The molecule has 80 valence electrons. The normalized spacial score (nSPS) is 9.73. The van der Waals surface area contributed by atoms with Crippen molar-refractivity contribution in [2.45, 2.75) is 26.8 Å². The first-order chi connectivity index (χ1) is 7.09. The quantitative estimate of drug-likeness (QED) is 0.808. The zero-order chi connectivity index (χ0) is 11.3. The Bertz CT molecular complexity index is 372. The van der Waals surface area contributed by atoms with E-state index in [0.717, 1.165) is 11.1 Å². The maximum Gasteiger partial charge on any atom is 0.217 e. The second-order valence-corrected chi connectivity index (χ2v) is 3.56. The van der Waals surface area contributed by atoms with Gasteiger partial charge in [-0.15, -0.1) is 0 Å². The summed E-state index contributed by atoms with van der Waals surface area (Å²) in [7, 11) is 0. The Morgan fingerprint density at radius 2 is 1.73 bits per heavy atom. The maximum absolute atomic E-state index is 11.0. The van der Waals surface area contributed by atoms with Gasteiger partial charge in [0.05, 0.1) is 0 Å². The number of nitrogens with one attached hydrogen (secondary N) is 1. The number of carbonyl (C=O) groups excluding carboxylic acids is 2.